The van der Waals surface area contributed by atoms with Crippen LogP contribution in [0.15, 0.2) is 18.2 Å². The zero-order chi connectivity index (χ0) is 12.0. The molecule has 0 amide bonds. The molecule has 3 N–H and O–H groups in total. The number of hydrogen-bond donors (Lipinski definition) is 2. The van der Waals surface area contributed by atoms with Crippen molar-refractivity contribution in [1.82, 2.24) is 0 Å². The predicted octanol–water partition coefficient (Wildman–Crippen LogP) is 1.48. The molecule has 0 aromatic heterocycles. The van der Waals surface area contributed by atoms with E-state index >= 15 is 0 Å². The van der Waals surface area contributed by atoms with Crippen LogP contribution in [0.5, 0.6) is 11.5 Å². The number of aliphatic hydroxyl groups is 1. The van der Waals surface area contributed by atoms with Crippen LogP contribution in [0.25, 0.3) is 0 Å². The molecular formula is C12H19NO3. The smallest absolute Gasteiger partial charge is 0.161 e. The molecule has 4 nitrogen and oxygen atoms in total. The van der Waals surface area contributed by atoms with E-state index in [0.29, 0.717) is 24.7 Å². The van der Waals surface area contributed by atoms with Gasteiger partial charge in [-0.3, -0.25) is 0 Å². The quantitative estimate of drug-likeness (QED) is 0.769. The molecule has 1 aromatic rings. The van der Waals surface area contributed by atoms with E-state index in [0.717, 1.165) is 5.56 Å². The van der Waals surface area contributed by atoms with Crippen LogP contribution in [0.4, 0.5) is 0 Å². The second kappa shape index (κ2) is 6.35. The van der Waals surface area contributed by atoms with Crippen molar-refractivity contribution < 1.29 is 14.6 Å². The topological polar surface area (TPSA) is 64.7 Å². The van der Waals surface area contributed by atoms with Crippen LogP contribution in [-0.2, 0) is 0 Å². The summed E-state index contributed by atoms with van der Waals surface area (Å²) >= 11 is 0. The predicted molar refractivity (Wildman–Crippen MR) is 62.8 cm³/mol. The molecule has 0 spiro atoms. The van der Waals surface area contributed by atoms with Crippen molar-refractivity contribution in [2.45, 2.75) is 20.0 Å². The molecule has 1 atom stereocenters. The largest absolute Gasteiger partial charge is 0.490 e. The van der Waals surface area contributed by atoms with E-state index in [1.165, 1.54) is 0 Å². The molecule has 0 bridgehead atoms. The zero-order valence-electron chi connectivity index (χ0n) is 9.77. The number of rotatable bonds is 6. The van der Waals surface area contributed by atoms with Crippen LogP contribution in [-0.4, -0.2) is 24.9 Å². The molecule has 0 saturated carbocycles. The fourth-order valence-corrected chi connectivity index (χ4v) is 1.41. The number of hydrogen-bond acceptors (Lipinski definition) is 4. The van der Waals surface area contributed by atoms with Gasteiger partial charge in [0.05, 0.1) is 19.3 Å². The summed E-state index contributed by atoms with van der Waals surface area (Å²) in [6.07, 6.45) is -0.658. The third kappa shape index (κ3) is 3.12. The minimum absolute atomic E-state index is 0.194. The molecule has 4 heteroatoms. The molecule has 0 fully saturated rings. The Morgan fingerprint density at radius 2 is 1.81 bits per heavy atom. The summed E-state index contributed by atoms with van der Waals surface area (Å²) in [5.74, 6) is 1.34. The summed E-state index contributed by atoms with van der Waals surface area (Å²) in [6, 6.07) is 5.36. The fourth-order valence-electron chi connectivity index (χ4n) is 1.41. The number of nitrogens with two attached hydrogens (primary N) is 1. The maximum Gasteiger partial charge on any atom is 0.161 e. The first-order valence-corrected chi connectivity index (χ1v) is 5.50. The molecule has 0 aliphatic heterocycles. The summed E-state index contributed by atoms with van der Waals surface area (Å²) in [5.41, 5.74) is 6.15. The molecule has 0 unspecified atom stereocenters. The van der Waals surface area contributed by atoms with Crippen LogP contribution in [0.3, 0.4) is 0 Å². The number of ether oxygens (including phenoxy) is 2. The van der Waals surface area contributed by atoms with Gasteiger partial charge in [0, 0.05) is 6.54 Å². The lowest BCUT2D eigenvalue weighted by Gasteiger charge is -2.14. The van der Waals surface area contributed by atoms with E-state index in [-0.39, 0.29) is 6.54 Å². The molecular weight excluding hydrogens is 206 g/mol. The molecule has 0 aliphatic rings. The van der Waals surface area contributed by atoms with E-state index in [9.17, 15) is 5.11 Å². The van der Waals surface area contributed by atoms with Crippen LogP contribution < -0.4 is 15.2 Å². The van der Waals surface area contributed by atoms with Gasteiger partial charge in [-0.25, -0.2) is 0 Å². The van der Waals surface area contributed by atoms with E-state index in [2.05, 4.69) is 0 Å². The van der Waals surface area contributed by atoms with Gasteiger partial charge in [0.25, 0.3) is 0 Å². The van der Waals surface area contributed by atoms with E-state index < -0.39 is 6.10 Å². The van der Waals surface area contributed by atoms with Gasteiger partial charge in [-0.1, -0.05) is 6.07 Å². The van der Waals surface area contributed by atoms with Gasteiger partial charge in [0.1, 0.15) is 0 Å². The van der Waals surface area contributed by atoms with Crippen molar-refractivity contribution in [1.29, 1.82) is 0 Å². The van der Waals surface area contributed by atoms with Gasteiger partial charge in [0.15, 0.2) is 11.5 Å². The highest BCUT2D eigenvalue weighted by Gasteiger charge is 2.10. The summed E-state index contributed by atoms with van der Waals surface area (Å²) < 4.78 is 10.9. The molecule has 0 heterocycles. The van der Waals surface area contributed by atoms with Gasteiger partial charge in [0.2, 0.25) is 0 Å². The third-order valence-electron chi connectivity index (χ3n) is 2.18. The standard InChI is InChI=1S/C12H19NO3/c1-3-15-11-6-5-9(10(14)8-13)7-12(11)16-4-2/h5-7,10,14H,3-4,8,13H2,1-2H3/t10-/m1/s1. The zero-order valence-corrected chi connectivity index (χ0v) is 9.77. The lowest BCUT2D eigenvalue weighted by Crippen LogP contribution is -2.11. The normalized spacial score (nSPS) is 12.2. The lowest BCUT2D eigenvalue weighted by molar-refractivity contribution is 0.185. The Labute approximate surface area is 96.0 Å². The van der Waals surface area contributed by atoms with Gasteiger partial charge in [-0.05, 0) is 31.5 Å². The molecule has 0 aliphatic carbocycles. The average molecular weight is 225 g/mol. The molecule has 16 heavy (non-hydrogen) atoms. The van der Waals surface area contributed by atoms with Crippen molar-refractivity contribution in [2.24, 2.45) is 5.73 Å². The van der Waals surface area contributed by atoms with Crippen LogP contribution in [0.2, 0.25) is 0 Å². The highest BCUT2D eigenvalue weighted by atomic mass is 16.5. The lowest BCUT2D eigenvalue weighted by atomic mass is 10.1. The summed E-state index contributed by atoms with van der Waals surface area (Å²) in [6.45, 7) is 5.15. The molecule has 1 aromatic carbocycles. The van der Waals surface area contributed by atoms with Crippen molar-refractivity contribution in [3.05, 3.63) is 23.8 Å². The summed E-state index contributed by atoms with van der Waals surface area (Å²) in [5, 5.41) is 9.62. The Kier molecular flexibility index (Phi) is 5.08. The highest BCUT2D eigenvalue weighted by Crippen LogP contribution is 2.30. The second-order valence-electron chi connectivity index (χ2n) is 3.32. The molecule has 90 valence electrons. The van der Waals surface area contributed by atoms with Crippen LogP contribution in [0, 0.1) is 0 Å². The minimum Gasteiger partial charge on any atom is -0.490 e. The Balaban J connectivity index is 2.96. The molecule has 0 radical (unpaired) electrons. The van der Waals surface area contributed by atoms with Crippen molar-refractivity contribution in [3.8, 4) is 11.5 Å². The van der Waals surface area contributed by atoms with Crippen LogP contribution >= 0.6 is 0 Å². The first-order valence-electron chi connectivity index (χ1n) is 5.50. The van der Waals surface area contributed by atoms with E-state index in [4.69, 9.17) is 15.2 Å². The molecule has 0 saturated heterocycles. The molecule has 1 rings (SSSR count). The highest BCUT2D eigenvalue weighted by molar-refractivity contribution is 5.43. The Bertz CT molecular complexity index is 328. The van der Waals surface area contributed by atoms with Gasteiger partial charge >= 0.3 is 0 Å². The first kappa shape index (κ1) is 12.8. The Morgan fingerprint density at radius 1 is 1.19 bits per heavy atom. The van der Waals surface area contributed by atoms with Gasteiger partial charge in [-0.2, -0.15) is 0 Å². The average Bonchev–Trinajstić information content (AvgIpc) is 2.31. The van der Waals surface area contributed by atoms with Crippen molar-refractivity contribution >= 4 is 0 Å². The van der Waals surface area contributed by atoms with Crippen molar-refractivity contribution in [3.63, 3.8) is 0 Å². The SMILES string of the molecule is CCOc1ccc([C@H](O)CN)cc1OCC. The second-order valence-corrected chi connectivity index (χ2v) is 3.32. The van der Waals surface area contributed by atoms with Crippen molar-refractivity contribution in [2.75, 3.05) is 19.8 Å². The summed E-state index contributed by atoms with van der Waals surface area (Å²) in [7, 11) is 0. The summed E-state index contributed by atoms with van der Waals surface area (Å²) in [4.78, 5) is 0. The Hall–Kier alpha value is -1.26. The van der Waals surface area contributed by atoms with Gasteiger partial charge in [-0.15, -0.1) is 0 Å². The monoisotopic (exact) mass is 225 g/mol. The van der Waals surface area contributed by atoms with E-state index in [1.54, 1.807) is 18.2 Å². The minimum atomic E-state index is -0.658. The maximum atomic E-state index is 9.62. The Morgan fingerprint density at radius 3 is 2.38 bits per heavy atom. The number of benzene rings is 1. The first-order chi connectivity index (χ1) is 7.72. The van der Waals surface area contributed by atoms with Crippen LogP contribution in [0.1, 0.15) is 25.5 Å². The van der Waals surface area contributed by atoms with Gasteiger partial charge < -0.3 is 20.3 Å². The number of aliphatic hydroxyl groups excluding tert-OH is 1. The fraction of sp³-hybridized carbons (Fsp3) is 0.500. The maximum absolute atomic E-state index is 9.62. The third-order valence-corrected chi connectivity index (χ3v) is 2.18. The van der Waals surface area contributed by atoms with E-state index in [1.807, 2.05) is 13.8 Å².